The van der Waals surface area contributed by atoms with Crippen molar-refractivity contribution in [2.75, 3.05) is 99.9 Å². The summed E-state index contributed by atoms with van der Waals surface area (Å²) >= 11 is 0. The molecular weight excluding hydrogens is 1220 g/mol. The number of carbonyl (C=O) groups is 14. The molecule has 0 aromatic heterocycles. The minimum atomic E-state index is -1.89. The molecule has 21 fully saturated rings. The van der Waals surface area contributed by atoms with Crippen LogP contribution in [0.5, 0.6) is 0 Å². The highest BCUT2D eigenvalue weighted by atomic mass is 16.3. The second-order valence-corrected chi connectivity index (χ2v) is 27.1. The van der Waals surface area contributed by atoms with Crippen LogP contribution < -0.4 is 0 Å². The van der Waals surface area contributed by atoms with Gasteiger partial charge in [-0.05, 0) is 31.7 Å². The summed E-state index contributed by atoms with van der Waals surface area (Å²) in [5, 5.41) is 3.73. The second kappa shape index (κ2) is 14.9. The van der Waals surface area contributed by atoms with Crippen LogP contribution in [0.2, 0.25) is 0 Å². The standard InChI is InChI=1S/C47H51N31O14/c1-46-47(4-2-3-5-49-50-48)77-18-73-31-29-69(42(73)89)14-65-27-25-61(38(65)85)10-57-23-21-53(34(57)81)6-51-20-22-55(32(51)79)8-59-24-26-63(36(59)83)12-67-28-30(71(40(67)87)16-75(46)44(77)91)72-17-76(46)45(92)78(47)19-74(31)43(90)70(29)15-66(27)39(86)62(25)11-58(23)35(82)54(21)7-52(20)33(80)56(22)9-60(24)37(84)64(26)13-68(28)41(72)88/h20-31H,2-19H2,1H3/t20-,21+,22+,23-,24-,25+,26+,27-,28-,29+,30+,31-,46-,47+. The lowest BCUT2D eigenvalue weighted by Crippen LogP contribution is -2.72. The number of unbranched alkanes of at least 4 members (excludes halogenated alkanes) is 1. The molecule has 28 amide bonds. The third-order valence-electron chi connectivity index (χ3n) is 24.1. The summed E-state index contributed by atoms with van der Waals surface area (Å²) in [5.41, 5.74) is 5.54. The Hall–Kier alpha value is -10.9. The molecule has 0 aromatic carbocycles. The zero-order valence-corrected chi connectivity index (χ0v) is 48.2. The van der Waals surface area contributed by atoms with Crippen molar-refractivity contribution in [3.63, 3.8) is 0 Å². The zero-order chi connectivity index (χ0) is 62.3. The van der Waals surface area contributed by atoms with Crippen LogP contribution in [0.25, 0.3) is 10.4 Å². The molecule has 0 unspecified atom stereocenters. The van der Waals surface area contributed by atoms with Crippen LogP contribution in [0.3, 0.4) is 0 Å². The predicted octanol–water partition coefficient (Wildman–Crippen LogP) is -4.37. The lowest BCUT2D eigenvalue weighted by atomic mass is 9.87. The van der Waals surface area contributed by atoms with E-state index in [1.807, 2.05) is 0 Å². The predicted molar refractivity (Wildman–Crippen MR) is 280 cm³/mol. The highest BCUT2D eigenvalue weighted by Crippen LogP contribution is 2.59. The summed E-state index contributed by atoms with van der Waals surface area (Å²) in [6.07, 6.45) is -15.0. The second-order valence-electron chi connectivity index (χ2n) is 27.1. The third-order valence-corrected chi connectivity index (χ3v) is 24.1. The maximum atomic E-state index is 16.2. The molecule has 21 aliphatic heterocycles. The normalized spacial score (nSPS) is 39.4. The maximum Gasteiger partial charge on any atom is 0.326 e. The first-order valence-electron chi connectivity index (χ1n) is 30.4. The molecule has 21 saturated heterocycles. The van der Waals surface area contributed by atoms with E-state index in [9.17, 15) is 5.53 Å². The largest absolute Gasteiger partial charge is 0.326 e. The molecule has 21 aliphatic rings. The highest BCUT2D eigenvalue weighted by Gasteiger charge is 2.82. The third kappa shape index (κ3) is 4.77. The van der Waals surface area contributed by atoms with Crippen molar-refractivity contribution in [3.05, 3.63) is 10.4 Å². The van der Waals surface area contributed by atoms with Gasteiger partial charge in [0, 0.05) is 11.5 Å². The Kier molecular flexibility index (Phi) is 8.11. The number of carbonyl (C=O) groups excluding carboxylic acids is 14. The van der Waals surface area contributed by atoms with Crippen molar-refractivity contribution < 1.29 is 67.1 Å². The number of hydrogen-bond acceptors (Lipinski definition) is 15. The first kappa shape index (κ1) is 49.9. The summed E-state index contributed by atoms with van der Waals surface area (Å²) in [5.74, 6) is 0. The molecule has 45 heteroatoms. The molecule has 478 valence electrons. The van der Waals surface area contributed by atoms with Crippen LogP contribution in [0.15, 0.2) is 5.11 Å². The van der Waals surface area contributed by atoms with Gasteiger partial charge in [0.25, 0.3) is 0 Å². The Morgan fingerprint density at radius 3 is 0.641 bits per heavy atom. The zero-order valence-electron chi connectivity index (χ0n) is 48.2. The Balaban J connectivity index is 0.745. The number of azide groups is 1. The van der Waals surface area contributed by atoms with Gasteiger partial charge in [0.2, 0.25) is 0 Å². The molecule has 92 heavy (non-hydrogen) atoms. The van der Waals surface area contributed by atoms with Crippen LogP contribution in [0, 0.1) is 0 Å². The van der Waals surface area contributed by atoms with Gasteiger partial charge >= 0.3 is 84.4 Å². The summed E-state index contributed by atoms with van der Waals surface area (Å²) < 4.78 is 0. The molecule has 0 saturated carbocycles. The smallest absolute Gasteiger partial charge is 0.282 e. The van der Waals surface area contributed by atoms with E-state index in [2.05, 4.69) is 10.0 Å². The monoisotopic (exact) mass is 1270 g/mol. The summed E-state index contributed by atoms with van der Waals surface area (Å²) in [6.45, 7) is -6.15. The highest BCUT2D eigenvalue weighted by molar-refractivity contribution is 5.96. The van der Waals surface area contributed by atoms with Gasteiger partial charge in [-0.3, -0.25) is 137 Å². The molecule has 21 rings (SSSR count). The summed E-state index contributed by atoms with van der Waals surface area (Å²) in [4.78, 5) is 259. The molecule has 0 aromatic rings. The van der Waals surface area contributed by atoms with E-state index in [-0.39, 0.29) is 25.8 Å². The van der Waals surface area contributed by atoms with Crippen molar-refractivity contribution >= 4 is 84.4 Å². The fourth-order valence-corrected chi connectivity index (χ4v) is 20.4. The fraction of sp³-hybridized carbons (Fsp3) is 0.702. The van der Waals surface area contributed by atoms with Crippen molar-refractivity contribution in [3.8, 4) is 0 Å². The fourth-order valence-electron chi connectivity index (χ4n) is 20.4. The lowest BCUT2D eigenvalue weighted by molar-refractivity contribution is -0.120. The van der Waals surface area contributed by atoms with Gasteiger partial charge in [0.1, 0.15) is 93.4 Å². The summed E-state index contributed by atoms with van der Waals surface area (Å²) in [6, 6.07) is -10.4. The van der Waals surface area contributed by atoms with Gasteiger partial charge in [0.05, 0.1) is 0 Å². The Morgan fingerprint density at radius 2 is 0.457 bits per heavy atom. The molecule has 0 bridgehead atoms. The van der Waals surface area contributed by atoms with E-state index in [4.69, 9.17) is 0 Å². The molecule has 0 radical (unpaired) electrons. The number of rotatable bonds is 5. The van der Waals surface area contributed by atoms with Gasteiger partial charge in [-0.15, -0.1) is 0 Å². The van der Waals surface area contributed by atoms with Gasteiger partial charge in [0.15, 0.2) is 85.3 Å². The van der Waals surface area contributed by atoms with Crippen molar-refractivity contribution in [1.82, 2.24) is 137 Å². The number of hydrogen-bond donors (Lipinski definition) is 0. The van der Waals surface area contributed by atoms with Crippen molar-refractivity contribution in [2.45, 2.75) is 112 Å². The van der Waals surface area contributed by atoms with Crippen molar-refractivity contribution in [1.29, 1.82) is 0 Å². The molecule has 0 N–H and O–H groups in total. The van der Waals surface area contributed by atoms with Gasteiger partial charge in [-0.2, -0.15) is 0 Å². The van der Waals surface area contributed by atoms with Crippen LogP contribution in [-0.2, 0) is 0 Å². The Labute approximate surface area is 514 Å². The van der Waals surface area contributed by atoms with E-state index in [1.165, 1.54) is 137 Å². The van der Waals surface area contributed by atoms with E-state index >= 15 is 67.1 Å². The first-order chi connectivity index (χ1) is 44.3. The number of urea groups is 14. The van der Waals surface area contributed by atoms with Gasteiger partial charge in [-0.25, -0.2) is 67.1 Å². The minimum Gasteiger partial charge on any atom is -0.282 e. The minimum absolute atomic E-state index is 0.00371. The molecule has 45 nitrogen and oxygen atoms in total. The average Bonchev–Trinajstić information content (AvgIpc) is 1.49. The molecule has 21 heterocycles. The quantitative estimate of drug-likeness (QED) is 0.109. The first-order valence-corrected chi connectivity index (χ1v) is 30.4. The van der Waals surface area contributed by atoms with E-state index in [0.29, 0.717) is 0 Å². The van der Waals surface area contributed by atoms with Gasteiger partial charge in [-0.1, -0.05) is 5.11 Å². The van der Waals surface area contributed by atoms with E-state index < -0.39 is 263 Å². The van der Waals surface area contributed by atoms with Crippen molar-refractivity contribution in [2.24, 2.45) is 5.11 Å². The SMILES string of the molecule is C[C@]12N3CN4C(=O)N5CN6C(=O)N7CN8C(=O)N9CN%10C(=O)N%11CN%12C(=O)N%13CN%14C(=O)N%15CN(C3=O)[C@@]1(CCCCN=[N+]=[N-])N1CN3C(=O)N(CN%16C(=O)N(CN%17C(=O)N(CN%18C(=O)N(CN%19C(=O)N(CN%20C(=O)N(CN2C1=O)[C@H]4[C@@H]%205)[C@H]6[C@@H]%197)[C@H]8[C@@H]%189)[C@H]%10[C@@H]%17%11)[C@H]%12[C@@H]%16%13)[C@H]%14[C@@H]3%15. The maximum absolute atomic E-state index is 16.2. The Bertz CT molecular complexity index is 3680. The summed E-state index contributed by atoms with van der Waals surface area (Å²) in [7, 11) is 0. The topological polar surface area (TPSA) is 378 Å². The van der Waals surface area contributed by atoms with Gasteiger partial charge < -0.3 is 0 Å². The molecule has 0 atom stereocenters. The number of amides is 28. The molecular formula is C47H51N31O14. The van der Waals surface area contributed by atoms with Crippen LogP contribution in [-0.4, -0.2) is 407 Å². The van der Waals surface area contributed by atoms with Crippen LogP contribution in [0.1, 0.15) is 26.2 Å². The average molecular weight is 1270 g/mol. The molecule has 0 aliphatic carbocycles. The Morgan fingerprint density at radius 1 is 0.283 bits per heavy atom. The van der Waals surface area contributed by atoms with E-state index in [1.54, 1.807) is 6.92 Å². The molecule has 0 spiro atoms. The number of nitrogens with zero attached hydrogens (tertiary/aromatic N) is 31. The lowest BCUT2D eigenvalue weighted by Gasteiger charge is -2.52. The van der Waals surface area contributed by atoms with E-state index in [0.717, 1.165) is 0 Å². The van der Waals surface area contributed by atoms with Crippen LogP contribution in [0.4, 0.5) is 67.1 Å². The van der Waals surface area contributed by atoms with Crippen LogP contribution >= 0.6 is 0 Å².